The van der Waals surface area contributed by atoms with E-state index in [4.69, 9.17) is 0 Å². The molecule has 0 fully saturated rings. The molecule has 2 nitrogen and oxygen atoms in total. The first-order valence-corrected chi connectivity index (χ1v) is 8.44. The Kier molecular flexibility index (Phi) is 5.63. The highest BCUT2D eigenvalue weighted by Gasteiger charge is 2.10. The average molecular weight is 304 g/mol. The minimum Gasteiger partial charge on any atom is -0.337 e. The van der Waals surface area contributed by atoms with Crippen LogP contribution in [0.3, 0.4) is 0 Å². The molecule has 1 unspecified atom stereocenters. The fourth-order valence-corrected chi connectivity index (χ4v) is 3.06. The van der Waals surface area contributed by atoms with Crippen molar-refractivity contribution in [3.63, 3.8) is 0 Å². The van der Waals surface area contributed by atoms with Gasteiger partial charge in [0.15, 0.2) is 0 Å². The van der Waals surface area contributed by atoms with E-state index in [1.54, 1.807) is 0 Å². The first kappa shape index (κ1) is 15.5. The van der Waals surface area contributed by atoms with E-state index in [2.05, 4.69) is 76.4 Å². The van der Waals surface area contributed by atoms with Gasteiger partial charge in [-0.3, -0.25) is 0 Å². The number of hydrogen-bond donors (Lipinski definition) is 0. The highest BCUT2D eigenvalue weighted by molar-refractivity contribution is 5.16. The predicted octanol–water partition coefficient (Wildman–Crippen LogP) is 4.76. The van der Waals surface area contributed by atoms with Crippen molar-refractivity contribution in [2.24, 2.45) is 5.92 Å². The van der Waals surface area contributed by atoms with Crippen LogP contribution in [0.2, 0.25) is 0 Å². The summed E-state index contributed by atoms with van der Waals surface area (Å²) in [6, 6.07) is 21.7. The van der Waals surface area contributed by atoms with Gasteiger partial charge in [0.25, 0.3) is 0 Å². The zero-order valence-corrected chi connectivity index (χ0v) is 13.5. The van der Waals surface area contributed by atoms with Crippen molar-refractivity contribution in [3.05, 3.63) is 90.5 Å². The van der Waals surface area contributed by atoms with Crippen molar-refractivity contribution in [2.45, 2.75) is 32.2 Å². The summed E-state index contributed by atoms with van der Waals surface area (Å²) in [4.78, 5) is 4.14. The molecule has 0 saturated carbocycles. The van der Waals surface area contributed by atoms with Crippen molar-refractivity contribution in [3.8, 4) is 0 Å². The van der Waals surface area contributed by atoms with Gasteiger partial charge < -0.3 is 4.57 Å². The van der Waals surface area contributed by atoms with Crippen LogP contribution in [0.5, 0.6) is 0 Å². The van der Waals surface area contributed by atoms with Crippen molar-refractivity contribution >= 4 is 0 Å². The number of hydrogen-bond acceptors (Lipinski definition) is 1. The maximum Gasteiger partial charge on any atom is 0.0945 e. The van der Waals surface area contributed by atoms with E-state index in [0.29, 0.717) is 5.92 Å². The lowest BCUT2D eigenvalue weighted by Gasteiger charge is -2.17. The minimum absolute atomic E-state index is 0.694. The molecule has 2 aromatic carbocycles. The van der Waals surface area contributed by atoms with E-state index < -0.39 is 0 Å². The third kappa shape index (κ3) is 5.10. The van der Waals surface area contributed by atoms with E-state index in [9.17, 15) is 0 Å². The van der Waals surface area contributed by atoms with Crippen LogP contribution < -0.4 is 0 Å². The summed E-state index contributed by atoms with van der Waals surface area (Å²) >= 11 is 0. The van der Waals surface area contributed by atoms with Crippen LogP contribution in [0, 0.1) is 5.92 Å². The summed E-state index contributed by atoms with van der Waals surface area (Å²) in [5.41, 5.74) is 2.88. The molecule has 1 aromatic heterocycles. The number of aromatic nitrogens is 2. The second kappa shape index (κ2) is 8.33. The zero-order valence-electron chi connectivity index (χ0n) is 13.5. The van der Waals surface area contributed by atoms with Gasteiger partial charge in [-0.25, -0.2) is 4.98 Å². The van der Waals surface area contributed by atoms with Gasteiger partial charge in [-0.1, -0.05) is 60.7 Å². The Morgan fingerprint density at radius 1 is 0.826 bits per heavy atom. The van der Waals surface area contributed by atoms with Crippen LogP contribution in [0.25, 0.3) is 0 Å². The average Bonchev–Trinajstić information content (AvgIpc) is 3.13. The second-order valence-electron chi connectivity index (χ2n) is 6.17. The number of aryl methyl sites for hydroxylation is 2. The fraction of sp³-hybridized carbons (Fsp3) is 0.286. The molecule has 0 spiro atoms. The standard InChI is InChI=1S/C21H24N2/c1-3-7-19(8-4-1)11-12-21(13-15-23-16-14-22-18-23)17-20-9-5-2-6-10-20/h1-10,14,16,18,21H,11-13,15,17H2. The Hall–Kier alpha value is -2.35. The van der Waals surface area contributed by atoms with E-state index in [0.717, 1.165) is 19.4 Å². The highest BCUT2D eigenvalue weighted by Crippen LogP contribution is 2.19. The molecule has 118 valence electrons. The molecule has 0 amide bonds. The van der Waals surface area contributed by atoms with Crippen LogP contribution in [-0.4, -0.2) is 9.55 Å². The molecule has 1 heterocycles. The van der Waals surface area contributed by atoms with E-state index >= 15 is 0 Å². The van der Waals surface area contributed by atoms with Crippen LogP contribution >= 0.6 is 0 Å². The zero-order chi connectivity index (χ0) is 15.7. The molecule has 0 N–H and O–H groups in total. The Morgan fingerprint density at radius 3 is 2.17 bits per heavy atom. The van der Waals surface area contributed by atoms with Gasteiger partial charge in [0.2, 0.25) is 0 Å². The lowest BCUT2D eigenvalue weighted by molar-refractivity contribution is 0.416. The lowest BCUT2D eigenvalue weighted by atomic mass is 9.90. The van der Waals surface area contributed by atoms with E-state index in [1.165, 1.54) is 24.0 Å². The SMILES string of the molecule is c1ccc(CCC(CCn2ccnc2)Cc2ccccc2)cc1. The van der Waals surface area contributed by atoms with Gasteiger partial charge in [-0.2, -0.15) is 0 Å². The number of nitrogens with zero attached hydrogens (tertiary/aromatic N) is 2. The predicted molar refractivity (Wildman–Crippen MR) is 95.2 cm³/mol. The monoisotopic (exact) mass is 304 g/mol. The van der Waals surface area contributed by atoms with Gasteiger partial charge in [0.05, 0.1) is 6.33 Å². The molecule has 1 atom stereocenters. The van der Waals surface area contributed by atoms with Gasteiger partial charge in [0, 0.05) is 18.9 Å². The molecule has 0 saturated heterocycles. The summed E-state index contributed by atoms with van der Waals surface area (Å²) in [6.07, 6.45) is 10.6. The molecule has 0 radical (unpaired) electrons. The minimum atomic E-state index is 0.694. The second-order valence-corrected chi connectivity index (χ2v) is 6.17. The topological polar surface area (TPSA) is 17.8 Å². The maximum absolute atomic E-state index is 4.14. The van der Waals surface area contributed by atoms with Gasteiger partial charge in [-0.15, -0.1) is 0 Å². The summed E-state index contributed by atoms with van der Waals surface area (Å²) in [5, 5.41) is 0. The maximum atomic E-state index is 4.14. The highest BCUT2D eigenvalue weighted by atomic mass is 15.0. The van der Waals surface area contributed by atoms with Crippen LogP contribution in [0.4, 0.5) is 0 Å². The van der Waals surface area contributed by atoms with Crippen molar-refractivity contribution in [2.75, 3.05) is 0 Å². The fourth-order valence-electron chi connectivity index (χ4n) is 3.06. The van der Waals surface area contributed by atoms with Crippen molar-refractivity contribution < 1.29 is 0 Å². The first-order chi connectivity index (χ1) is 11.4. The summed E-state index contributed by atoms with van der Waals surface area (Å²) < 4.78 is 2.18. The van der Waals surface area contributed by atoms with Crippen molar-refractivity contribution in [1.82, 2.24) is 9.55 Å². The molecular weight excluding hydrogens is 280 g/mol. The summed E-state index contributed by atoms with van der Waals surface area (Å²) in [7, 11) is 0. The molecule has 2 heteroatoms. The Labute approximate surface area is 138 Å². The van der Waals surface area contributed by atoms with E-state index in [-0.39, 0.29) is 0 Å². The first-order valence-electron chi connectivity index (χ1n) is 8.44. The van der Waals surface area contributed by atoms with E-state index in [1.807, 2.05) is 12.5 Å². The van der Waals surface area contributed by atoms with Crippen LogP contribution in [0.1, 0.15) is 24.0 Å². The molecule has 0 bridgehead atoms. The molecular formula is C21H24N2. The Morgan fingerprint density at radius 2 is 1.52 bits per heavy atom. The molecule has 0 aliphatic rings. The third-order valence-electron chi connectivity index (χ3n) is 4.41. The number of benzene rings is 2. The van der Waals surface area contributed by atoms with Crippen LogP contribution in [0.15, 0.2) is 79.4 Å². The van der Waals surface area contributed by atoms with Gasteiger partial charge in [0.1, 0.15) is 0 Å². The summed E-state index contributed by atoms with van der Waals surface area (Å²) in [5.74, 6) is 0.694. The lowest BCUT2D eigenvalue weighted by Crippen LogP contribution is -2.10. The quantitative estimate of drug-likeness (QED) is 0.586. The van der Waals surface area contributed by atoms with Crippen LogP contribution in [-0.2, 0) is 19.4 Å². The molecule has 0 aliphatic heterocycles. The Balaban J connectivity index is 1.60. The molecule has 23 heavy (non-hydrogen) atoms. The molecule has 3 aromatic rings. The smallest absolute Gasteiger partial charge is 0.0945 e. The Bertz CT molecular complexity index is 660. The molecule has 3 rings (SSSR count). The normalized spacial score (nSPS) is 12.2. The van der Waals surface area contributed by atoms with Gasteiger partial charge >= 0.3 is 0 Å². The summed E-state index contributed by atoms with van der Waals surface area (Å²) in [6.45, 7) is 1.05. The van der Waals surface area contributed by atoms with Crippen molar-refractivity contribution in [1.29, 1.82) is 0 Å². The third-order valence-corrected chi connectivity index (χ3v) is 4.41. The molecule has 0 aliphatic carbocycles. The van der Waals surface area contributed by atoms with Gasteiger partial charge in [-0.05, 0) is 42.7 Å². The number of imidazole rings is 1. The largest absolute Gasteiger partial charge is 0.337 e. The number of rotatable bonds is 8.